The van der Waals surface area contributed by atoms with Crippen molar-refractivity contribution >= 4 is 34.2 Å². The first-order valence-electron chi connectivity index (χ1n) is 4.48. The molecule has 1 rings (SSSR count). The highest BCUT2D eigenvalue weighted by atomic mass is 79.9. The number of esters is 1. The van der Waals surface area contributed by atoms with Crippen LogP contribution in [0.5, 0.6) is 0 Å². The van der Waals surface area contributed by atoms with Crippen molar-refractivity contribution in [2.75, 3.05) is 6.61 Å². The Morgan fingerprint density at radius 2 is 2.12 bits per heavy atom. The fraction of sp³-hybridized carbons (Fsp3) is 0.0909. The molecule has 1 aromatic rings. The molecule has 0 bridgehead atoms. The maximum absolute atomic E-state index is 10.7. The molecule has 1 aromatic carbocycles. The number of hydrogen-bond donors (Lipinski definition) is 0. The van der Waals surface area contributed by atoms with Gasteiger partial charge in [0.1, 0.15) is 6.61 Å². The number of hydrogen-bond acceptors (Lipinski definition) is 2. The van der Waals surface area contributed by atoms with Gasteiger partial charge in [-0.15, -0.1) is 0 Å². The Morgan fingerprint density at radius 3 is 2.75 bits per heavy atom. The summed E-state index contributed by atoms with van der Waals surface area (Å²) in [5.41, 5.74) is 9.05. The molecule has 5 heteroatoms. The van der Waals surface area contributed by atoms with Gasteiger partial charge in [0.05, 0.1) is 0 Å². The SMILES string of the molecule is [N-]=[N+]=CC(=O)OC/C=C\c1ccc(Br)cc1. The van der Waals surface area contributed by atoms with E-state index in [2.05, 4.69) is 25.5 Å². The van der Waals surface area contributed by atoms with E-state index < -0.39 is 5.97 Å². The van der Waals surface area contributed by atoms with Crippen LogP contribution in [0.15, 0.2) is 34.8 Å². The lowest BCUT2D eigenvalue weighted by atomic mass is 10.2. The van der Waals surface area contributed by atoms with Crippen LogP contribution in [0.25, 0.3) is 11.6 Å². The molecule has 4 nitrogen and oxygen atoms in total. The molecule has 0 saturated carbocycles. The zero-order chi connectivity index (χ0) is 11.8. The van der Waals surface area contributed by atoms with Crippen LogP contribution < -0.4 is 0 Å². The van der Waals surface area contributed by atoms with Crippen LogP contribution >= 0.6 is 15.9 Å². The normalized spacial score (nSPS) is 9.81. The van der Waals surface area contributed by atoms with E-state index in [9.17, 15) is 4.79 Å². The second-order valence-corrected chi connectivity index (χ2v) is 3.74. The standard InChI is InChI=1S/C11H9BrN2O2/c12-10-5-3-9(4-6-10)2-1-7-16-11(15)8-14-13/h1-6,8H,7H2/b2-1-. The van der Waals surface area contributed by atoms with E-state index in [0.29, 0.717) is 6.21 Å². The van der Waals surface area contributed by atoms with E-state index in [1.54, 1.807) is 6.08 Å². The van der Waals surface area contributed by atoms with E-state index in [4.69, 9.17) is 5.53 Å². The number of rotatable bonds is 4. The molecule has 0 fully saturated rings. The van der Waals surface area contributed by atoms with Crippen molar-refractivity contribution in [2.45, 2.75) is 0 Å². The largest absolute Gasteiger partial charge is 0.453 e. The lowest BCUT2D eigenvalue weighted by Crippen LogP contribution is -2.05. The van der Waals surface area contributed by atoms with E-state index in [-0.39, 0.29) is 6.61 Å². The molecule has 0 aliphatic heterocycles. The van der Waals surface area contributed by atoms with Crippen LogP contribution in [0.4, 0.5) is 0 Å². The topological polar surface area (TPSA) is 62.7 Å². The average Bonchev–Trinajstić information content (AvgIpc) is 2.27. The molecular formula is C11H9BrN2O2. The van der Waals surface area contributed by atoms with Gasteiger partial charge in [-0.05, 0) is 23.8 Å². The highest BCUT2D eigenvalue weighted by Gasteiger charge is 1.99. The van der Waals surface area contributed by atoms with Gasteiger partial charge >= 0.3 is 12.2 Å². The minimum Gasteiger partial charge on any atom is -0.453 e. The second-order valence-electron chi connectivity index (χ2n) is 2.83. The molecule has 0 radical (unpaired) electrons. The Kier molecular flexibility index (Phi) is 5.19. The number of nitrogens with zero attached hydrogens (tertiary/aromatic N) is 2. The van der Waals surface area contributed by atoms with Crippen LogP contribution in [-0.2, 0) is 9.53 Å². The van der Waals surface area contributed by atoms with Gasteiger partial charge in [-0.3, -0.25) is 0 Å². The van der Waals surface area contributed by atoms with E-state index in [1.165, 1.54) is 0 Å². The maximum atomic E-state index is 10.7. The Balaban J connectivity index is 2.40. The van der Waals surface area contributed by atoms with E-state index >= 15 is 0 Å². The summed E-state index contributed by atoms with van der Waals surface area (Å²) >= 11 is 3.33. The second kappa shape index (κ2) is 6.71. The number of ether oxygens (including phenoxy) is 1. The summed E-state index contributed by atoms with van der Waals surface area (Å²) in [6.07, 6.45) is 4.23. The zero-order valence-electron chi connectivity index (χ0n) is 8.34. The summed E-state index contributed by atoms with van der Waals surface area (Å²) in [6.45, 7) is 0.140. The molecule has 16 heavy (non-hydrogen) atoms. The van der Waals surface area contributed by atoms with Crippen molar-refractivity contribution < 1.29 is 14.3 Å². The van der Waals surface area contributed by atoms with Gasteiger partial charge in [-0.25, -0.2) is 4.79 Å². The van der Waals surface area contributed by atoms with E-state index in [1.807, 2.05) is 30.3 Å². The summed E-state index contributed by atoms with van der Waals surface area (Å²) < 4.78 is 5.69. The van der Waals surface area contributed by atoms with Crippen LogP contribution in [0, 0.1) is 0 Å². The summed E-state index contributed by atoms with van der Waals surface area (Å²) in [5.74, 6) is -0.678. The molecule has 82 valence electrons. The van der Waals surface area contributed by atoms with E-state index in [0.717, 1.165) is 10.0 Å². The fourth-order valence-electron chi connectivity index (χ4n) is 0.973. The Morgan fingerprint density at radius 1 is 1.44 bits per heavy atom. The minimum atomic E-state index is -0.678. The number of carbonyl (C=O) groups excluding carboxylic acids is 1. The monoisotopic (exact) mass is 280 g/mol. The van der Waals surface area contributed by atoms with Crippen molar-refractivity contribution in [3.63, 3.8) is 0 Å². The van der Waals surface area contributed by atoms with Crippen molar-refractivity contribution in [3.8, 4) is 0 Å². The van der Waals surface area contributed by atoms with Crippen LogP contribution in [0.2, 0.25) is 0 Å². The van der Waals surface area contributed by atoms with Gasteiger partial charge in [-0.2, -0.15) is 4.79 Å². The van der Waals surface area contributed by atoms with Crippen molar-refractivity contribution in [2.24, 2.45) is 0 Å². The first-order chi connectivity index (χ1) is 7.72. The molecule has 0 aliphatic carbocycles. The molecular weight excluding hydrogens is 272 g/mol. The van der Waals surface area contributed by atoms with Gasteiger partial charge in [0, 0.05) is 4.47 Å². The first kappa shape index (κ1) is 12.4. The Hall–Kier alpha value is -1.71. The molecule has 0 heterocycles. The lowest BCUT2D eigenvalue weighted by Gasteiger charge is -1.94. The number of halogens is 1. The third-order valence-electron chi connectivity index (χ3n) is 1.67. The third kappa shape index (κ3) is 4.68. The molecule has 0 N–H and O–H groups in total. The number of carbonyl (C=O) groups is 1. The lowest BCUT2D eigenvalue weighted by molar-refractivity contribution is -0.137. The summed E-state index contributed by atoms with van der Waals surface area (Å²) in [4.78, 5) is 13.3. The average molecular weight is 281 g/mol. The van der Waals surface area contributed by atoms with Crippen LogP contribution in [-0.4, -0.2) is 23.6 Å². The predicted molar refractivity (Wildman–Crippen MR) is 63.8 cm³/mol. The van der Waals surface area contributed by atoms with Crippen molar-refractivity contribution in [3.05, 3.63) is 45.9 Å². The summed E-state index contributed by atoms with van der Waals surface area (Å²) in [5, 5.41) is 0. The zero-order valence-corrected chi connectivity index (χ0v) is 9.92. The molecule has 0 atom stereocenters. The molecule has 0 spiro atoms. The summed E-state index contributed by atoms with van der Waals surface area (Å²) in [6, 6.07) is 7.70. The number of benzene rings is 1. The molecule has 0 aliphatic rings. The first-order valence-corrected chi connectivity index (χ1v) is 5.28. The van der Waals surface area contributed by atoms with Gasteiger partial charge in [0.2, 0.25) is 0 Å². The van der Waals surface area contributed by atoms with Gasteiger partial charge in [0.25, 0.3) is 0 Å². The smallest absolute Gasteiger partial charge is 0.413 e. The van der Waals surface area contributed by atoms with Gasteiger partial charge in [-0.1, -0.05) is 34.1 Å². The van der Waals surface area contributed by atoms with Gasteiger partial charge < -0.3 is 10.3 Å². The Labute approximate surface area is 101 Å². The third-order valence-corrected chi connectivity index (χ3v) is 2.19. The van der Waals surface area contributed by atoms with Crippen LogP contribution in [0.1, 0.15) is 5.56 Å². The maximum Gasteiger partial charge on any atom is 0.413 e. The predicted octanol–water partition coefficient (Wildman–Crippen LogP) is 2.31. The highest BCUT2D eigenvalue weighted by molar-refractivity contribution is 9.10. The minimum absolute atomic E-state index is 0.140. The quantitative estimate of drug-likeness (QED) is 0.368. The Bertz CT molecular complexity index is 434. The molecule has 0 unspecified atom stereocenters. The fourth-order valence-corrected chi connectivity index (χ4v) is 1.24. The highest BCUT2D eigenvalue weighted by Crippen LogP contribution is 2.11. The van der Waals surface area contributed by atoms with Crippen molar-refractivity contribution in [1.29, 1.82) is 0 Å². The summed E-state index contributed by atoms with van der Waals surface area (Å²) in [7, 11) is 0. The molecule has 0 amide bonds. The van der Waals surface area contributed by atoms with Gasteiger partial charge in [0.15, 0.2) is 0 Å². The van der Waals surface area contributed by atoms with Crippen molar-refractivity contribution in [1.82, 2.24) is 0 Å². The van der Waals surface area contributed by atoms with Crippen LogP contribution in [0.3, 0.4) is 0 Å². The molecule has 0 saturated heterocycles. The molecule has 0 aromatic heterocycles.